The van der Waals surface area contributed by atoms with E-state index in [1.807, 2.05) is 12.3 Å². The largest absolute Gasteiger partial charge is 0.431 e. The summed E-state index contributed by atoms with van der Waals surface area (Å²) in [6, 6.07) is 25.4. The Kier molecular flexibility index (Phi) is 10.0. The smallest absolute Gasteiger partial charge is 0.405 e. The van der Waals surface area contributed by atoms with Gasteiger partial charge in [0.25, 0.3) is 5.91 Å². The molecule has 12 nitrogen and oxygen atoms in total. The van der Waals surface area contributed by atoms with Crippen molar-refractivity contribution in [1.29, 1.82) is 0 Å². The number of carbonyl (C=O) groups excluding carboxylic acids is 3. The van der Waals surface area contributed by atoms with E-state index < -0.39 is 12.2 Å². The van der Waals surface area contributed by atoms with Crippen LogP contribution in [0.25, 0.3) is 33.6 Å². The standard InChI is InChI=1S/C42H46N8O4/c1-48-23-19-32(20-24-48)40(51)49-21-5-9-35(49)38-44-25-33(46-38)29-15-11-27(12-16-29)28-13-17-30(18-14-28)34-26-45-39(47-34)36-10-6-22-50(36)41(52)37(54-42(43)53)31-7-3-2-4-8-31/h2-4,7-8,11-18,25-26,32,35-37H,5-6,9-10,19-24H2,1H3,(H2,43,53)(H,44,46)(H,45,47)/t35-,36-,37+/m0/s1. The summed E-state index contributed by atoms with van der Waals surface area (Å²) in [5.41, 5.74) is 11.9. The van der Waals surface area contributed by atoms with E-state index in [1.165, 1.54) is 0 Å². The number of primary amides is 1. The summed E-state index contributed by atoms with van der Waals surface area (Å²) in [5.74, 6) is 1.63. The molecule has 0 bridgehead atoms. The molecule has 0 aliphatic carbocycles. The second-order valence-corrected chi connectivity index (χ2v) is 14.7. The van der Waals surface area contributed by atoms with Gasteiger partial charge in [0.2, 0.25) is 12.0 Å². The highest BCUT2D eigenvalue weighted by atomic mass is 16.6. The van der Waals surface area contributed by atoms with Crippen molar-refractivity contribution < 1.29 is 19.1 Å². The average molecular weight is 727 g/mol. The van der Waals surface area contributed by atoms with Crippen LogP contribution >= 0.6 is 0 Å². The number of nitrogens with one attached hydrogen (secondary N) is 2. The van der Waals surface area contributed by atoms with Crippen molar-refractivity contribution in [2.75, 3.05) is 33.2 Å². The molecule has 5 heterocycles. The molecule has 3 fully saturated rings. The van der Waals surface area contributed by atoms with Crippen LogP contribution < -0.4 is 5.73 Å². The molecule has 3 aliphatic heterocycles. The van der Waals surface area contributed by atoms with Gasteiger partial charge in [0.05, 0.1) is 35.9 Å². The number of ether oxygens (including phenoxy) is 1. The minimum atomic E-state index is -1.12. The van der Waals surface area contributed by atoms with Gasteiger partial charge in [-0.3, -0.25) is 9.59 Å². The highest BCUT2D eigenvalue weighted by Crippen LogP contribution is 2.37. The summed E-state index contributed by atoms with van der Waals surface area (Å²) in [4.78, 5) is 61.3. The first kappa shape index (κ1) is 35.3. The Hall–Kier alpha value is -5.75. The fourth-order valence-corrected chi connectivity index (χ4v) is 8.27. The first-order valence-electron chi connectivity index (χ1n) is 18.9. The highest BCUT2D eigenvalue weighted by Gasteiger charge is 2.38. The van der Waals surface area contributed by atoms with Gasteiger partial charge in [-0.1, -0.05) is 78.9 Å². The van der Waals surface area contributed by atoms with Gasteiger partial charge in [-0.25, -0.2) is 14.8 Å². The Bertz CT molecular complexity index is 2090. The summed E-state index contributed by atoms with van der Waals surface area (Å²) in [7, 11) is 2.12. The Balaban J connectivity index is 0.919. The molecule has 3 amide bonds. The number of piperidine rings is 1. The summed E-state index contributed by atoms with van der Waals surface area (Å²) >= 11 is 0. The van der Waals surface area contributed by atoms with Gasteiger partial charge in [0.15, 0.2) is 0 Å². The predicted octanol–water partition coefficient (Wildman–Crippen LogP) is 6.64. The Labute approximate surface area is 314 Å². The molecule has 3 saturated heterocycles. The normalized spacial score (nSPS) is 19.9. The molecule has 5 aromatic rings. The maximum Gasteiger partial charge on any atom is 0.405 e. The van der Waals surface area contributed by atoms with E-state index in [2.05, 4.69) is 80.3 Å². The topological polar surface area (TPSA) is 154 Å². The van der Waals surface area contributed by atoms with Crippen molar-refractivity contribution in [2.45, 2.75) is 56.7 Å². The molecule has 0 spiro atoms. The molecule has 3 atom stereocenters. The predicted molar refractivity (Wildman–Crippen MR) is 204 cm³/mol. The van der Waals surface area contributed by atoms with Crippen LogP contribution in [0.5, 0.6) is 0 Å². The maximum absolute atomic E-state index is 13.7. The summed E-state index contributed by atoms with van der Waals surface area (Å²) in [6.07, 6.45) is 6.89. The van der Waals surface area contributed by atoms with Crippen molar-refractivity contribution >= 4 is 17.9 Å². The number of nitrogens with zero attached hydrogens (tertiary/aromatic N) is 5. The monoisotopic (exact) mass is 726 g/mol. The fourth-order valence-electron chi connectivity index (χ4n) is 8.27. The zero-order chi connectivity index (χ0) is 37.2. The zero-order valence-electron chi connectivity index (χ0n) is 30.5. The number of nitrogens with two attached hydrogens (primary N) is 1. The molecular formula is C42H46N8O4. The van der Waals surface area contributed by atoms with Crippen molar-refractivity contribution in [1.82, 2.24) is 34.6 Å². The van der Waals surface area contributed by atoms with Crippen LogP contribution in [-0.4, -0.2) is 85.8 Å². The molecular weight excluding hydrogens is 681 g/mol. The molecule has 2 aromatic heterocycles. The third-order valence-corrected chi connectivity index (χ3v) is 11.2. The molecule has 3 aromatic carbocycles. The molecule has 54 heavy (non-hydrogen) atoms. The van der Waals surface area contributed by atoms with Crippen LogP contribution in [-0.2, 0) is 14.3 Å². The van der Waals surface area contributed by atoms with Gasteiger partial charge in [0, 0.05) is 24.6 Å². The van der Waals surface area contributed by atoms with Gasteiger partial charge < -0.3 is 35.1 Å². The number of rotatable bonds is 9. The number of amides is 3. The maximum atomic E-state index is 13.7. The molecule has 0 saturated carbocycles. The number of imidazole rings is 2. The van der Waals surface area contributed by atoms with Crippen LogP contribution in [0.4, 0.5) is 4.79 Å². The Morgan fingerprint density at radius 3 is 1.72 bits per heavy atom. The molecule has 4 N–H and O–H groups in total. The quantitative estimate of drug-likeness (QED) is 0.154. The van der Waals surface area contributed by atoms with Crippen LogP contribution in [0.1, 0.15) is 73.9 Å². The lowest BCUT2D eigenvalue weighted by atomic mass is 9.95. The van der Waals surface area contributed by atoms with Crippen molar-refractivity contribution in [3.63, 3.8) is 0 Å². The van der Waals surface area contributed by atoms with E-state index in [1.54, 1.807) is 35.4 Å². The lowest BCUT2D eigenvalue weighted by Gasteiger charge is -2.32. The molecule has 12 heteroatoms. The minimum absolute atomic E-state index is 0.00381. The van der Waals surface area contributed by atoms with E-state index in [-0.39, 0.29) is 29.8 Å². The first-order valence-corrected chi connectivity index (χ1v) is 18.9. The third-order valence-electron chi connectivity index (χ3n) is 11.2. The van der Waals surface area contributed by atoms with Gasteiger partial charge >= 0.3 is 6.09 Å². The second kappa shape index (κ2) is 15.3. The van der Waals surface area contributed by atoms with E-state index >= 15 is 0 Å². The van der Waals surface area contributed by atoms with E-state index in [0.717, 1.165) is 97.6 Å². The first-order chi connectivity index (χ1) is 26.3. The van der Waals surface area contributed by atoms with E-state index in [9.17, 15) is 14.4 Å². The number of likely N-dealkylation sites (tertiary alicyclic amines) is 3. The van der Waals surface area contributed by atoms with E-state index in [4.69, 9.17) is 15.5 Å². The molecule has 8 rings (SSSR count). The van der Waals surface area contributed by atoms with Gasteiger partial charge in [-0.05, 0) is 80.9 Å². The van der Waals surface area contributed by atoms with Gasteiger partial charge in [-0.2, -0.15) is 0 Å². The molecule has 0 unspecified atom stereocenters. The Morgan fingerprint density at radius 2 is 1.19 bits per heavy atom. The van der Waals surface area contributed by atoms with Gasteiger partial charge in [0.1, 0.15) is 11.6 Å². The van der Waals surface area contributed by atoms with Gasteiger partial charge in [-0.15, -0.1) is 0 Å². The molecule has 0 radical (unpaired) electrons. The van der Waals surface area contributed by atoms with E-state index in [0.29, 0.717) is 17.9 Å². The number of carbonyl (C=O) groups is 3. The number of aromatic nitrogens is 4. The number of benzene rings is 3. The van der Waals surface area contributed by atoms with Crippen LogP contribution in [0, 0.1) is 5.92 Å². The average Bonchev–Trinajstić information content (AvgIpc) is 4.04. The number of H-pyrrole nitrogens is 2. The number of aromatic amines is 2. The Morgan fingerprint density at radius 1 is 0.685 bits per heavy atom. The minimum Gasteiger partial charge on any atom is -0.431 e. The summed E-state index contributed by atoms with van der Waals surface area (Å²) in [6.45, 7) is 3.28. The summed E-state index contributed by atoms with van der Waals surface area (Å²) in [5, 5.41) is 0. The van der Waals surface area contributed by atoms with Crippen molar-refractivity contribution in [3.05, 3.63) is 108 Å². The van der Waals surface area contributed by atoms with Crippen LogP contribution in [0.3, 0.4) is 0 Å². The zero-order valence-corrected chi connectivity index (χ0v) is 30.5. The van der Waals surface area contributed by atoms with Crippen LogP contribution in [0.2, 0.25) is 0 Å². The second-order valence-electron chi connectivity index (χ2n) is 14.7. The van der Waals surface area contributed by atoms with Crippen molar-refractivity contribution in [3.8, 4) is 33.6 Å². The third kappa shape index (κ3) is 7.25. The summed E-state index contributed by atoms with van der Waals surface area (Å²) < 4.78 is 5.30. The van der Waals surface area contributed by atoms with Crippen LogP contribution in [0.15, 0.2) is 91.3 Å². The number of hydrogen-bond acceptors (Lipinski definition) is 7. The lowest BCUT2D eigenvalue weighted by Crippen LogP contribution is -2.41. The number of hydrogen-bond donors (Lipinski definition) is 3. The highest BCUT2D eigenvalue weighted by molar-refractivity contribution is 5.85. The van der Waals surface area contributed by atoms with Crippen molar-refractivity contribution in [2.24, 2.45) is 11.7 Å². The molecule has 3 aliphatic rings. The molecule has 278 valence electrons. The lowest BCUT2D eigenvalue weighted by molar-refractivity contribution is -0.141. The SMILES string of the molecule is CN1CCC(C(=O)N2CCC[C@H]2c2ncc(-c3ccc(-c4ccc(-c5cnc([C@@H]6CCCN6C(=O)[C@H](OC(N)=O)c6ccccc6)[nH]5)cc4)cc3)[nH]2)CC1. The fraction of sp³-hybridized carbons (Fsp3) is 0.357.